The topological polar surface area (TPSA) is 9.23 Å². The Hall–Kier alpha value is -1.08. The Morgan fingerprint density at radius 2 is 1.87 bits per heavy atom. The van der Waals surface area contributed by atoms with E-state index in [9.17, 15) is 0 Å². The Bertz CT molecular complexity index is 309. The minimum absolute atomic E-state index is 0.716. The maximum absolute atomic E-state index is 5.35. The first-order chi connectivity index (χ1) is 7.27. The number of ether oxygens (including phenoxy) is 1. The van der Waals surface area contributed by atoms with Gasteiger partial charge in [0.1, 0.15) is 0 Å². The van der Waals surface area contributed by atoms with E-state index in [1.807, 2.05) is 6.92 Å². The highest BCUT2D eigenvalue weighted by Crippen LogP contribution is 2.15. The first kappa shape index (κ1) is 12.0. The van der Waals surface area contributed by atoms with Gasteiger partial charge in [-0.1, -0.05) is 37.3 Å². The van der Waals surface area contributed by atoms with Crippen LogP contribution in [0.4, 0.5) is 0 Å². The lowest BCUT2D eigenvalue weighted by Gasteiger charge is -2.04. The fourth-order valence-corrected chi connectivity index (χ4v) is 1.51. The van der Waals surface area contributed by atoms with E-state index in [1.54, 1.807) is 0 Å². The lowest BCUT2D eigenvalue weighted by Crippen LogP contribution is -1.91. The van der Waals surface area contributed by atoms with Crippen LogP contribution in [0.25, 0.3) is 5.57 Å². The van der Waals surface area contributed by atoms with Crippen molar-refractivity contribution in [2.75, 3.05) is 6.61 Å². The Labute approximate surface area is 92.8 Å². The molecule has 15 heavy (non-hydrogen) atoms. The van der Waals surface area contributed by atoms with Crippen molar-refractivity contribution in [1.29, 1.82) is 0 Å². The molecule has 0 aliphatic heterocycles. The molecule has 0 unspecified atom stereocenters. The van der Waals surface area contributed by atoms with E-state index < -0.39 is 0 Å². The van der Waals surface area contributed by atoms with E-state index in [0.717, 1.165) is 13.0 Å². The molecule has 82 valence electrons. The molecule has 0 N–H and O–H groups in total. The van der Waals surface area contributed by atoms with E-state index >= 15 is 0 Å². The molecule has 0 saturated heterocycles. The molecule has 0 atom stereocenters. The van der Waals surface area contributed by atoms with Gasteiger partial charge in [0, 0.05) is 6.61 Å². The van der Waals surface area contributed by atoms with Crippen LogP contribution in [0.2, 0.25) is 0 Å². The molecule has 0 fully saturated rings. The molecule has 1 nitrogen and oxygen atoms in total. The summed E-state index contributed by atoms with van der Waals surface area (Å²) in [5, 5.41) is 0. The summed E-state index contributed by atoms with van der Waals surface area (Å²) in [6.07, 6.45) is 3.34. The molecule has 0 heterocycles. The summed E-state index contributed by atoms with van der Waals surface area (Å²) in [6.45, 7) is 7.82. The number of rotatable bonds is 5. The van der Waals surface area contributed by atoms with Crippen LogP contribution in [0.5, 0.6) is 0 Å². The predicted octanol–water partition coefficient (Wildman–Crippen LogP) is 4.04. The lowest BCUT2D eigenvalue weighted by atomic mass is 10.0. The maximum Gasteiger partial charge on any atom is 0.0716 e. The zero-order chi connectivity index (χ0) is 11.1. The zero-order valence-electron chi connectivity index (χ0n) is 9.92. The van der Waals surface area contributed by atoms with Gasteiger partial charge in [0.05, 0.1) is 6.61 Å². The molecule has 1 heteroatoms. The van der Waals surface area contributed by atoms with E-state index in [0.29, 0.717) is 6.61 Å². The molecule has 1 aromatic rings. The summed E-state index contributed by atoms with van der Waals surface area (Å²) in [5.74, 6) is 0. The highest BCUT2D eigenvalue weighted by atomic mass is 16.5. The van der Waals surface area contributed by atoms with Crippen LogP contribution >= 0.6 is 0 Å². The Kier molecular flexibility index (Phi) is 5.13. The van der Waals surface area contributed by atoms with Crippen LogP contribution in [-0.4, -0.2) is 6.61 Å². The van der Waals surface area contributed by atoms with Gasteiger partial charge in [-0.05, 0) is 37.0 Å². The summed E-state index contributed by atoms with van der Waals surface area (Å²) < 4.78 is 5.35. The maximum atomic E-state index is 5.35. The SMILES string of the molecule is CC/C=C(\C)c1ccc(COCC)cc1. The molecule has 1 rings (SSSR count). The van der Waals surface area contributed by atoms with Gasteiger partial charge in [-0.2, -0.15) is 0 Å². The average Bonchev–Trinajstić information content (AvgIpc) is 2.27. The van der Waals surface area contributed by atoms with Crippen LogP contribution in [0.3, 0.4) is 0 Å². The second kappa shape index (κ2) is 6.41. The Morgan fingerprint density at radius 3 is 2.40 bits per heavy atom. The van der Waals surface area contributed by atoms with Crippen LogP contribution in [0.15, 0.2) is 30.3 Å². The van der Waals surface area contributed by atoms with Crippen molar-refractivity contribution in [2.24, 2.45) is 0 Å². The van der Waals surface area contributed by atoms with Crippen molar-refractivity contribution in [3.63, 3.8) is 0 Å². The normalized spacial score (nSPS) is 11.8. The van der Waals surface area contributed by atoms with E-state index in [-0.39, 0.29) is 0 Å². The first-order valence-electron chi connectivity index (χ1n) is 5.61. The summed E-state index contributed by atoms with van der Waals surface area (Å²) in [6, 6.07) is 8.60. The van der Waals surface area contributed by atoms with Crippen molar-refractivity contribution in [2.45, 2.75) is 33.8 Å². The van der Waals surface area contributed by atoms with Crippen LogP contribution in [0, 0.1) is 0 Å². The molecule has 0 aliphatic rings. The second-order valence-electron chi connectivity index (χ2n) is 3.63. The molecule has 0 aromatic heterocycles. The van der Waals surface area contributed by atoms with Gasteiger partial charge in [-0.25, -0.2) is 0 Å². The van der Waals surface area contributed by atoms with Gasteiger partial charge in [-0.15, -0.1) is 0 Å². The highest BCUT2D eigenvalue weighted by Gasteiger charge is 1.96. The quantitative estimate of drug-likeness (QED) is 0.703. The van der Waals surface area contributed by atoms with Crippen molar-refractivity contribution >= 4 is 5.57 Å². The Morgan fingerprint density at radius 1 is 1.20 bits per heavy atom. The van der Waals surface area contributed by atoms with E-state index in [4.69, 9.17) is 4.74 Å². The average molecular weight is 204 g/mol. The first-order valence-corrected chi connectivity index (χ1v) is 5.61. The van der Waals surface area contributed by atoms with Gasteiger partial charge >= 0.3 is 0 Å². The molecule has 0 amide bonds. The standard InChI is InChI=1S/C14H20O/c1-4-6-12(3)14-9-7-13(8-10-14)11-15-5-2/h6-10H,4-5,11H2,1-3H3/b12-6+. The molecule has 0 radical (unpaired) electrons. The summed E-state index contributed by atoms with van der Waals surface area (Å²) in [5.41, 5.74) is 3.89. The molecular weight excluding hydrogens is 184 g/mol. The number of allylic oxidation sites excluding steroid dienone is 2. The van der Waals surface area contributed by atoms with Gasteiger partial charge in [0.25, 0.3) is 0 Å². The highest BCUT2D eigenvalue weighted by molar-refractivity contribution is 5.63. The van der Waals surface area contributed by atoms with Crippen molar-refractivity contribution in [3.05, 3.63) is 41.5 Å². The molecular formula is C14H20O. The third kappa shape index (κ3) is 3.88. The minimum Gasteiger partial charge on any atom is -0.377 e. The van der Waals surface area contributed by atoms with Gasteiger partial charge in [0.15, 0.2) is 0 Å². The zero-order valence-corrected chi connectivity index (χ0v) is 9.92. The summed E-state index contributed by atoms with van der Waals surface area (Å²) in [7, 11) is 0. The fourth-order valence-electron chi connectivity index (χ4n) is 1.51. The smallest absolute Gasteiger partial charge is 0.0716 e. The second-order valence-corrected chi connectivity index (χ2v) is 3.63. The molecule has 0 spiro atoms. The number of benzene rings is 1. The number of hydrogen-bond acceptors (Lipinski definition) is 1. The molecule has 1 aromatic carbocycles. The number of hydrogen-bond donors (Lipinski definition) is 0. The monoisotopic (exact) mass is 204 g/mol. The lowest BCUT2D eigenvalue weighted by molar-refractivity contribution is 0.134. The van der Waals surface area contributed by atoms with Crippen LogP contribution in [-0.2, 0) is 11.3 Å². The van der Waals surface area contributed by atoms with Crippen LogP contribution < -0.4 is 0 Å². The van der Waals surface area contributed by atoms with Gasteiger partial charge in [-0.3, -0.25) is 0 Å². The third-order valence-corrected chi connectivity index (χ3v) is 2.39. The fraction of sp³-hybridized carbons (Fsp3) is 0.429. The largest absolute Gasteiger partial charge is 0.377 e. The van der Waals surface area contributed by atoms with Gasteiger partial charge < -0.3 is 4.74 Å². The van der Waals surface area contributed by atoms with Crippen molar-refractivity contribution < 1.29 is 4.74 Å². The van der Waals surface area contributed by atoms with Crippen molar-refractivity contribution in [1.82, 2.24) is 0 Å². The van der Waals surface area contributed by atoms with Gasteiger partial charge in [0.2, 0.25) is 0 Å². The molecule has 0 saturated carbocycles. The van der Waals surface area contributed by atoms with Crippen LogP contribution in [0.1, 0.15) is 38.3 Å². The molecule has 0 aliphatic carbocycles. The third-order valence-electron chi connectivity index (χ3n) is 2.39. The minimum atomic E-state index is 0.716. The Balaban J connectivity index is 2.67. The van der Waals surface area contributed by atoms with E-state index in [1.165, 1.54) is 16.7 Å². The summed E-state index contributed by atoms with van der Waals surface area (Å²) >= 11 is 0. The molecule has 0 bridgehead atoms. The summed E-state index contributed by atoms with van der Waals surface area (Å²) in [4.78, 5) is 0. The predicted molar refractivity (Wildman–Crippen MR) is 65.7 cm³/mol. The van der Waals surface area contributed by atoms with Crippen molar-refractivity contribution in [3.8, 4) is 0 Å². The van der Waals surface area contributed by atoms with E-state index in [2.05, 4.69) is 44.2 Å².